The van der Waals surface area contributed by atoms with Crippen LogP contribution in [-0.2, 0) is 7.05 Å². The number of nitrogens with two attached hydrogens (primary N) is 1. The Morgan fingerprint density at radius 3 is 2.95 bits per heavy atom. The second kappa shape index (κ2) is 5.61. The normalized spacial score (nSPS) is 17.7. The van der Waals surface area contributed by atoms with Gasteiger partial charge in [-0.3, -0.25) is 0 Å². The molecule has 22 heavy (non-hydrogen) atoms. The van der Waals surface area contributed by atoms with Crippen molar-refractivity contribution in [1.29, 1.82) is 0 Å². The molecule has 2 aromatic rings. The van der Waals surface area contributed by atoms with Crippen molar-refractivity contribution in [2.75, 3.05) is 30.8 Å². The van der Waals surface area contributed by atoms with E-state index in [2.05, 4.69) is 30.1 Å². The number of aryl methyl sites for hydroxylation is 1. The highest BCUT2D eigenvalue weighted by Crippen LogP contribution is 2.31. The Balaban J connectivity index is 1.99. The van der Waals surface area contributed by atoms with E-state index in [-0.39, 0.29) is 5.95 Å². The number of nitrogens with one attached hydrogen (secondary N) is 1. The molecule has 0 radical (unpaired) electrons. The molecule has 114 valence electrons. The number of hydrogen-bond donors (Lipinski definition) is 2. The monoisotopic (exact) mass is 298 g/mol. The lowest BCUT2D eigenvalue weighted by atomic mass is 10.2. The van der Waals surface area contributed by atoms with Crippen molar-refractivity contribution in [3.05, 3.63) is 23.7 Å². The fraction of sp³-hybridized carbons (Fsp3) is 0.429. The molecule has 8 nitrogen and oxygen atoms in total. The molecule has 0 spiro atoms. The number of likely N-dealkylation sites (N-methyl/N-ethyl adjacent to an activating group) is 1. The first-order chi connectivity index (χ1) is 10.6. The molecular weight excluding hydrogens is 280 g/mol. The summed E-state index contributed by atoms with van der Waals surface area (Å²) >= 11 is 0. The Hall–Kier alpha value is -2.66. The third-order valence-corrected chi connectivity index (χ3v) is 3.94. The molecule has 0 saturated carbocycles. The summed E-state index contributed by atoms with van der Waals surface area (Å²) in [6, 6.07) is 2.33. The third-order valence-electron chi connectivity index (χ3n) is 3.94. The lowest BCUT2D eigenvalue weighted by Gasteiger charge is -2.18. The summed E-state index contributed by atoms with van der Waals surface area (Å²) in [4.78, 5) is 14.3. The summed E-state index contributed by atoms with van der Waals surface area (Å²) in [6.45, 7) is 9.09. The summed E-state index contributed by atoms with van der Waals surface area (Å²) < 4.78 is 1.53. The second-order valence-electron chi connectivity index (χ2n) is 5.31. The minimum atomic E-state index is 0.209. The van der Waals surface area contributed by atoms with Gasteiger partial charge in [-0.15, -0.1) is 5.10 Å². The van der Waals surface area contributed by atoms with Crippen molar-refractivity contribution in [1.82, 2.24) is 25.1 Å². The van der Waals surface area contributed by atoms with Gasteiger partial charge < -0.3 is 20.8 Å². The van der Waals surface area contributed by atoms with Crippen LogP contribution in [0.3, 0.4) is 0 Å². The Kier molecular flexibility index (Phi) is 3.65. The standard InChI is InChI=1S/C14H18N8/c1-16-9-4-5-22(8-9)12-6-11(19-14(15)20-12)10-7-18-21(3)13(10)17-2/h6-7,9,16H,4-5,8H2,1,3H3,(H2,15,19,20)/t9-/m1/s1. The molecule has 1 fully saturated rings. The lowest BCUT2D eigenvalue weighted by molar-refractivity contribution is 0.616. The number of nitrogen functional groups attached to an aromatic ring is 1. The summed E-state index contributed by atoms with van der Waals surface area (Å²) in [5, 5.41) is 7.40. The van der Waals surface area contributed by atoms with Crippen LogP contribution >= 0.6 is 0 Å². The molecule has 3 heterocycles. The minimum absolute atomic E-state index is 0.209. The first-order valence-corrected chi connectivity index (χ1v) is 7.09. The zero-order valence-electron chi connectivity index (χ0n) is 12.6. The van der Waals surface area contributed by atoms with Gasteiger partial charge in [0, 0.05) is 30.8 Å². The second-order valence-corrected chi connectivity index (χ2v) is 5.31. The Bertz CT molecular complexity index is 729. The maximum Gasteiger partial charge on any atom is 0.261 e. The quantitative estimate of drug-likeness (QED) is 0.815. The number of aromatic nitrogens is 4. The Morgan fingerprint density at radius 2 is 2.27 bits per heavy atom. The molecule has 0 aromatic carbocycles. The largest absolute Gasteiger partial charge is 0.368 e. The highest BCUT2D eigenvalue weighted by molar-refractivity contribution is 5.75. The molecule has 1 aliphatic heterocycles. The summed E-state index contributed by atoms with van der Waals surface area (Å²) in [5.74, 6) is 1.44. The van der Waals surface area contributed by atoms with Crippen LogP contribution in [-0.4, -0.2) is 45.9 Å². The van der Waals surface area contributed by atoms with Crippen LogP contribution in [0.5, 0.6) is 0 Å². The topological polar surface area (TPSA) is 89.2 Å². The molecule has 3 rings (SSSR count). The van der Waals surface area contributed by atoms with E-state index in [1.54, 1.807) is 13.2 Å². The van der Waals surface area contributed by atoms with Gasteiger partial charge in [-0.1, -0.05) is 6.57 Å². The summed E-state index contributed by atoms with van der Waals surface area (Å²) in [6.07, 6.45) is 2.70. The molecule has 8 heteroatoms. The Morgan fingerprint density at radius 1 is 1.45 bits per heavy atom. The molecule has 3 N–H and O–H groups in total. The summed E-state index contributed by atoms with van der Waals surface area (Å²) in [5.41, 5.74) is 7.17. The number of anilines is 2. The first kappa shape index (κ1) is 14.3. The van der Waals surface area contributed by atoms with Gasteiger partial charge in [-0.05, 0) is 13.5 Å². The van der Waals surface area contributed by atoms with E-state index in [0.717, 1.165) is 25.3 Å². The predicted molar refractivity (Wildman–Crippen MR) is 84.6 cm³/mol. The van der Waals surface area contributed by atoms with E-state index in [1.807, 2.05) is 13.1 Å². The number of hydrogen-bond acceptors (Lipinski definition) is 6. The first-order valence-electron chi connectivity index (χ1n) is 7.09. The van der Waals surface area contributed by atoms with Crippen molar-refractivity contribution in [2.24, 2.45) is 7.05 Å². The van der Waals surface area contributed by atoms with Gasteiger partial charge in [0.25, 0.3) is 5.82 Å². The van der Waals surface area contributed by atoms with Gasteiger partial charge in [-0.25, -0.2) is 9.67 Å². The van der Waals surface area contributed by atoms with Crippen LogP contribution in [0.15, 0.2) is 12.3 Å². The maximum absolute atomic E-state index is 7.29. The molecular formula is C14H18N8. The van der Waals surface area contributed by atoms with Gasteiger partial charge in [0.15, 0.2) is 0 Å². The van der Waals surface area contributed by atoms with Crippen molar-refractivity contribution in [3.8, 4) is 11.3 Å². The van der Waals surface area contributed by atoms with E-state index in [4.69, 9.17) is 12.3 Å². The van der Waals surface area contributed by atoms with Gasteiger partial charge in [0.1, 0.15) is 5.82 Å². The smallest absolute Gasteiger partial charge is 0.261 e. The van der Waals surface area contributed by atoms with Crippen molar-refractivity contribution < 1.29 is 0 Å². The highest BCUT2D eigenvalue weighted by Gasteiger charge is 2.23. The fourth-order valence-electron chi connectivity index (χ4n) is 2.70. The molecule has 0 amide bonds. The van der Waals surface area contributed by atoms with E-state index >= 15 is 0 Å². The van der Waals surface area contributed by atoms with Crippen LogP contribution in [0.25, 0.3) is 16.1 Å². The van der Waals surface area contributed by atoms with Crippen molar-refractivity contribution in [2.45, 2.75) is 12.5 Å². The lowest BCUT2D eigenvalue weighted by Crippen LogP contribution is -2.30. The highest BCUT2D eigenvalue weighted by atomic mass is 15.3. The predicted octanol–water partition coefficient (Wildman–Crippen LogP) is 0.808. The Labute approximate surface area is 128 Å². The van der Waals surface area contributed by atoms with Crippen LogP contribution in [0.1, 0.15) is 6.42 Å². The number of nitrogens with zero attached hydrogens (tertiary/aromatic N) is 6. The van der Waals surface area contributed by atoms with E-state index in [9.17, 15) is 0 Å². The van der Waals surface area contributed by atoms with Crippen LogP contribution in [0, 0.1) is 6.57 Å². The van der Waals surface area contributed by atoms with E-state index in [0.29, 0.717) is 23.1 Å². The van der Waals surface area contributed by atoms with Crippen LogP contribution in [0.4, 0.5) is 17.6 Å². The average Bonchev–Trinajstić information content (AvgIpc) is 3.12. The molecule has 0 bridgehead atoms. The van der Waals surface area contributed by atoms with Gasteiger partial charge in [0.05, 0.1) is 18.9 Å². The van der Waals surface area contributed by atoms with Crippen LogP contribution < -0.4 is 16.0 Å². The SMILES string of the molecule is [C-]#[N+]c1c(-c2cc(N3CC[C@@H](NC)C3)nc(N)n2)cnn1C. The molecule has 0 aliphatic carbocycles. The molecule has 0 unspecified atom stereocenters. The molecule has 2 aromatic heterocycles. The zero-order chi connectivity index (χ0) is 15.7. The zero-order valence-corrected chi connectivity index (χ0v) is 12.6. The van der Waals surface area contributed by atoms with E-state index < -0.39 is 0 Å². The minimum Gasteiger partial charge on any atom is -0.368 e. The fourth-order valence-corrected chi connectivity index (χ4v) is 2.70. The van der Waals surface area contributed by atoms with Crippen LogP contribution in [0.2, 0.25) is 0 Å². The van der Waals surface area contributed by atoms with Gasteiger partial charge >= 0.3 is 0 Å². The summed E-state index contributed by atoms with van der Waals surface area (Å²) in [7, 11) is 3.70. The van der Waals surface area contributed by atoms with E-state index in [1.165, 1.54) is 4.68 Å². The average molecular weight is 298 g/mol. The molecule has 1 aliphatic rings. The number of rotatable bonds is 3. The van der Waals surface area contributed by atoms with Crippen molar-refractivity contribution in [3.63, 3.8) is 0 Å². The maximum atomic E-state index is 7.29. The molecule has 1 saturated heterocycles. The van der Waals surface area contributed by atoms with Gasteiger partial charge in [-0.2, -0.15) is 4.98 Å². The van der Waals surface area contributed by atoms with Crippen molar-refractivity contribution >= 4 is 17.6 Å². The van der Waals surface area contributed by atoms with Gasteiger partial charge in [0.2, 0.25) is 5.95 Å². The molecule has 1 atom stereocenters. The third kappa shape index (κ3) is 2.46.